The van der Waals surface area contributed by atoms with Gasteiger partial charge in [-0.25, -0.2) is 4.79 Å². The van der Waals surface area contributed by atoms with E-state index >= 15 is 0 Å². The van der Waals surface area contributed by atoms with Crippen LogP contribution in [0.3, 0.4) is 0 Å². The second-order valence-corrected chi connectivity index (χ2v) is 7.67. The molecule has 3 rings (SSSR count). The Kier molecular flexibility index (Phi) is 4.40. The molecular formula is C20H26O5. The highest BCUT2D eigenvalue weighted by molar-refractivity contribution is 6.00. The summed E-state index contributed by atoms with van der Waals surface area (Å²) in [7, 11) is 0. The molecule has 5 atom stereocenters. The number of Topliss-reactive ketones (excluding diaryl/α,β-unsaturated/α-hetero) is 1. The maximum absolute atomic E-state index is 13.0. The molecule has 0 unspecified atom stereocenters. The van der Waals surface area contributed by atoms with Crippen LogP contribution in [0.5, 0.6) is 0 Å². The molecule has 1 saturated carbocycles. The number of furan rings is 1. The predicted molar refractivity (Wildman–Crippen MR) is 92.0 cm³/mol. The minimum atomic E-state index is -0.753. The fraction of sp³-hybridized carbons (Fsp3) is 0.600. The van der Waals surface area contributed by atoms with Gasteiger partial charge in [0.15, 0.2) is 5.76 Å². The number of aryl methyl sites for hydroxylation is 1. The third kappa shape index (κ3) is 2.48. The minimum absolute atomic E-state index is 0.121. The zero-order chi connectivity index (χ0) is 18.5. The van der Waals surface area contributed by atoms with Crippen LogP contribution >= 0.6 is 0 Å². The van der Waals surface area contributed by atoms with Gasteiger partial charge in [0, 0.05) is 16.6 Å². The molecule has 1 aromatic heterocycles. The van der Waals surface area contributed by atoms with Crippen LogP contribution in [0.2, 0.25) is 0 Å². The number of ether oxygens (including phenoxy) is 1. The summed E-state index contributed by atoms with van der Waals surface area (Å²) in [6.07, 6.45) is 3.22. The molecule has 136 valence electrons. The summed E-state index contributed by atoms with van der Waals surface area (Å²) >= 11 is 0. The van der Waals surface area contributed by atoms with Crippen molar-refractivity contribution in [3.05, 3.63) is 34.8 Å². The zero-order valence-corrected chi connectivity index (χ0v) is 15.5. The first kappa shape index (κ1) is 17.9. The molecule has 1 fully saturated rings. The summed E-state index contributed by atoms with van der Waals surface area (Å²) in [5.74, 6) is -0.863. The van der Waals surface area contributed by atoms with Crippen molar-refractivity contribution in [1.29, 1.82) is 0 Å². The molecule has 0 saturated heterocycles. The van der Waals surface area contributed by atoms with E-state index in [9.17, 15) is 14.7 Å². The maximum atomic E-state index is 13.0. The van der Waals surface area contributed by atoms with E-state index in [1.165, 1.54) is 6.26 Å². The average molecular weight is 346 g/mol. The lowest BCUT2D eigenvalue weighted by Crippen LogP contribution is -2.55. The number of aliphatic hydroxyl groups is 1. The third-order valence-electron chi connectivity index (χ3n) is 6.35. The highest BCUT2D eigenvalue weighted by atomic mass is 16.5. The quantitative estimate of drug-likeness (QED) is 0.652. The first-order valence-electron chi connectivity index (χ1n) is 8.87. The van der Waals surface area contributed by atoms with Crippen molar-refractivity contribution in [2.75, 3.05) is 0 Å². The van der Waals surface area contributed by atoms with Crippen molar-refractivity contribution in [2.45, 2.75) is 59.7 Å². The first-order chi connectivity index (χ1) is 11.7. The zero-order valence-electron chi connectivity index (χ0n) is 15.5. The van der Waals surface area contributed by atoms with Crippen molar-refractivity contribution in [3.8, 4) is 0 Å². The van der Waals surface area contributed by atoms with Gasteiger partial charge in [-0.1, -0.05) is 19.9 Å². The lowest BCUT2D eigenvalue weighted by atomic mass is 9.53. The van der Waals surface area contributed by atoms with E-state index < -0.39 is 29.5 Å². The van der Waals surface area contributed by atoms with Gasteiger partial charge in [0.1, 0.15) is 6.10 Å². The molecule has 0 spiro atoms. The van der Waals surface area contributed by atoms with E-state index in [1.807, 2.05) is 13.8 Å². The molecule has 25 heavy (non-hydrogen) atoms. The van der Waals surface area contributed by atoms with Crippen molar-refractivity contribution in [1.82, 2.24) is 0 Å². The van der Waals surface area contributed by atoms with E-state index in [0.29, 0.717) is 17.6 Å². The third-order valence-corrected chi connectivity index (χ3v) is 6.35. The molecule has 2 aliphatic carbocycles. The van der Waals surface area contributed by atoms with E-state index in [1.54, 1.807) is 19.9 Å². The number of aliphatic hydroxyl groups excluding tert-OH is 1. The minimum Gasteiger partial charge on any atom is -0.460 e. The number of hydrogen-bond donors (Lipinski definition) is 1. The van der Waals surface area contributed by atoms with E-state index in [0.717, 1.165) is 12.0 Å². The number of allylic oxidation sites excluding steroid dienone is 1. The summed E-state index contributed by atoms with van der Waals surface area (Å²) in [5, 5.41) is 10.6. The van der Waals surface area contributed by atoms with Crippen molar-refractivity contribution in [3.63, 3.8) is 0 Å². The fourth-order valence-corrected chi connectivity index (χ4v) is 4.42. The van der Waals surface area contributed by atoms with Crippen LogP contribution in [0.15, 0.2) is 22.3 Å². The topological polar surface area (TPSA) is 76.7 Å². The number of carbonyl (C=O) groups is 2. The Morgan fingerprint density at radius 2 is 2.12 bits per heavy atom. The SMILES string of the molecule is C/C=C(/C)C(=O)O[C@@H]1c2c(C)coc2C(=O)[C@@H]2[C@@H](O)CC[C@H](C)[C@@]12C. The fourth-order valence-electron chi connectivity index (χ4n) is 4.42. The molecule has 0 aliphatic heterocycles. The van der Waals surface area contributed by atoms with Crippen LogP contribution in [0.1, 0.15) is 68.3 Å². The molecule has 2 aliphatic rings. The first-order valence-corrected chi connectivity index (χ1v) is 8.87. The van der Waals surface area contributed by atoms with Gasteiger partial charge in [0.05, 0.1) is 18.3 Å². The Balaban J connectivity index is 2.17. The molecule has 0 radical (unpaired) electrons. The number of fused-ring (bicyclic) bond motifs is 2. The Morgan fingerprint density at radius 1 is 1.44 bits per heavy atom. The summed E-state index contributed by atoms with van der Waals surface area (Å²) in [6.45, 7) is 9.37. The molecule has 1 heterocycles. The molecule has 1 N–H and O–H groups in total. The normalized spacial score (nSPS) is 35.1. The average Bonchev–Trinajstić information content (AvgIpc) is 2.96. The Hall–Kier alpha value is -1.88. The van der Waals surface area contributed by atoms with Gasteiger partial charge in [-0.3, -0.25) is 4.79 Å². The van der Waals surface area contributed by atoms with Gasteiger partial charge in [0.25, 0.3) is 0 Å². The predicted octanol–water partition coefficient (Wildman–Crippen LogP) is 3.75. The molecule has 0 amide bonds. The van der Waals surface area contributed by atoms with Gasteiger partial charge in [-0.05, 0) is 45.1 Å². The molecule has 0 aromatic carbocycles. The number of esters is 1. The largest absolute Gasteiger partial charge is 0.460 e. The standard InChI is InChI=1S/C20H26O5/c1-6-10(2)19(23)25-18-14-11(3)9-24-17(14)16(22)15-13(21)8-7-12(4)20(15,18)5/h6,9,12-13,15,18,21H,7-8H2,1-5H3/b10-6-/t12-,13-,15-,18+,20+/m0/s1. The van der Waals surface area contributed by atoms with Crippen molar-refractivity contribution >= 4 is 11.8 Å². The van der Waals surface area contributed by atoms with Crippen LogP contribution < -0.4 is 0 Å². The molecule has 5 heteroatoms. The van der Waals surface area contributed by atoms with E-state index in [2.05, 4.69) is 6.92 Å². The molecule has 1 aromatic rings. The van der Waals surface area contributed by atoms with Gasteiger partial charge in [0.2, 0.25) is 5.78 Å². The van der Waals surface area contributed by atoms with Gasteiger partial charge in [-0.15, -0.1) is 0 Å². The van der Waals surface area contributed by atoms with Crippen molar-refractivity contribution < 1.29 is 23.8 Å². The van der Waals surface area contributed by atoms with Gasteiger partial charge in [-0.2, -0.15) is 0 Å². The number of carbonyl (C=O) groups excluding carboxylic acids is 2. The second kappa shape index (κ2) is 6.13. The number of rotatable bonds is 2. The lowest BCUT2D eigenvalue weighted by Gasteiger charge is -2.53. The summed E-state index contributed by atoms with van der Waals surface area (Å²) in [5.41, 5.74) is 1.30. The van der Waals surface area contributed by atoms with E-state index in [4.69, 9.17) is 9.15 Å². The summed E-state index contributed by atoms with van der Waals surface area (Å²) < 4.78 is 11.4. The van der Waals surface area contributed by atoms with Crippen LogP contribution in [0.4, 0.5) is 0 Å². The van der Waals surface area contributed by atoms with E-state index in [-0.39, 0.29) is 17.5 Å². The monoisotopic (exact) mass is 346 g/mol. The van der Waals surface area contributed by atoms with Crippen molar-refractivity contribution in [2.24, 2.45) is 17.3 Å². The lowest BCUT2D eigenvalue weighted by molar-refractivity contribution is -0.168. The molecular weight excluding hydrogens is 320 g/mol. The Bertz CT molecular complexity index is 743. The number of hydrogen-bond acceptors (Lipinski definition) is 5. The van der Waals surface area contributed by atoms with Crippen LogP contribution in [-0.2, 0) is 9.53 Å². The molecule has 0 bridgehead atoms. The van der Waals surface area contributed by atoms with Crippen LogP contribution in [0.25, 0.3) is 0 Å². The smallest absolute Gasteiger partial charge is 0.334 e. The van der Waals surface area contributed by atoms with Gasteiger partial charge >= 0.3 is 5.97 Å². The maximum Gasteiger partial charge on any atom is 0.334 e. The second-order valence-electron chi connectivity index (χ2n) is 7.67. The van der Waals surface area contributed by atoms with Gasteiger partial charge < -0.3 is 14.3 Å². The highest BCUT2D eigenvalue weighted by Gasteiger charge is 2.61. The summed E-state index contributed by atoms with van der Waals surface area (Å²) in [4.78, 5) is 25.5. The highest BCUT2D eigenvalue weighted by Crippen LogP contribution is 2.59. The van der Waals surface area contributed by atoms with Crippen LogP contribution in [-0.4, -0.2) is 23.0 Å². The number of ketones is 1. The summed E-state index contributed by atoms with van der Waals surface area (Å²) in [6, 6.07) is 0. The Labute approximate surface area is 148 Å². The Morgan fingerprint density at radius 3 is 2.76 bits per heavy atom. The van der Waals surface area contributed by atoms with Crippen LogP contribution in [0, 0.1) is 24.2 Å². The molecule has 5 nitrogen and oxygen atoms in total.